The van der Waals surface area contributed by atoms with Crippen molar-refractivity contribution in [3.63, 3.8) is 0 Å². The third-order valence-corrected chi connectivity index (χ3v) is 5.53. The van der Waals surface area contributed by atoms with Gasteiger partial charge >= 0.3 is 6.09 Å². The monoisotopic (exact) mass is 432 g/mol. The summed E-state index contributed by atoms with van der Waals surface area (Å²) in [6, 6.07) is 17.8. The summed E-state index contributed by atoms with van der Waals surface area (Å²) in [5.41, 5.74) is 1.88. The largest absolute Gasteiger partial charge is 0.445 e. The molecule has 0 aromatic heterocycles. The zero-order valence-corrected chi connectivity index (χ0v) is 18.0. The van der Waals surface area contributed by atoms with E-state index in [1.165, 1.54) is 0 Å². The van der Waals surface area contributed by atoms with Crippen LogP contribution in [0.25, 0.3) is 0 Å². The molecule has 2 N–H and O–H groups in total. The molecule has 0 heterocycles. The second-order valence-electron chi connectivity index (χ2n) is 7.23. The van der Waals surface area contributed by atoms with Crippen LogP contribution in [0.2, 0.25) is 0 Å². The van der Waals surface area contributed by atoms with Crippen LogP contribution in [-0.4, -0.2) is 45.0 Å². The first kappa shape index (κ1) is 23.4. The number of hydrogen-bond donors (Lipinski definition) is 2. The molecule has 0 saturated heterocycles. The van der Waals surface area contributed by atoms with E-state index in [4.69, 9.17) is 4.74 Å². The Morgan fingerprint density at radius 3 is 2.20 bits per heavy atom. The molecule has 162 valence electrons. The van der Waals surface area contributed by atoms with Gasteiger partial charge in [0.15, 0.2) is 0 Å². The lowest BCUT2D eigenvalue weighted by molar-refractivity contribution is -0.123. The van der Waals surface area contributed by atoms with Crippen LogP contribution in [0.3, 0.4) is 0 Å². The van der Waals surface area contributed by atoms with Gasteiger partial charge in [-0.2, -0.15) is 0 Å². The van der Waals surface area contributed by atoms with Gasteiger partial charge in [-0.15, -0.1) is 0 Å². The minimum absolute atomic E-state index is 0.0369. The van der Waals surface area contributed by atoms with Crippen LogP contribution in [0.15, 0.2) is 60.7 Å². The lowest BCUT2D eigenvalue weighted by Crippen LogP contribution is -2.48. The van der Waals surface area contributed by atoms with Crippen molar-refractivity contribution in [2.75, 3.05) is 18.6 Å². The molecule has 2 atom stereocenters. The van der Waals surface area contributed by atoms with Crippen molar-refractivity contribution in [3.8, 4) is 0 Å². The van der Waals surface area contributed by atoms with Crippen molar-refractivity contribution in [1.29, 1.82) is 0 Å². The third kappa shape index (κ3) is 8.65. The van der Waals surface area contributed by atoms with E-state index in [1.54, 1.807) is 0 Å². The maximum Gasteiger partial charge on any atom is 0.408 e. The fourth-order valence-corrected chi connectivity index (χ4v) is 3.45. The molecule has 8 heteroatoms. The molecule has 0 fully saturated rings. The van der Waals surface area contributed by atoms with E-state index in [0.717, 1.165) is 17.4 Å². The molecule has 0 saturated carbocycles. The van der Waals surface area contributed by atoms with E-state index in [0.29, 0.717) is 6.54 Å². The van der Waals surface area contributed by atoms with Crippen LogP contribution in [-0.2, 0) is 26.0 Å². The molecule has 2 amide bonds. The maximum absolute atomic E-state index is 12.6. The summed E-state index contributed by atoms with van der Waals surface area (Å²) in [5, 5.41) is 5.28. The summed E-state index contributed by atoms with van der Waals surface area (Å²) in [6.45, 7) is 2.39. The van der Waals surface area contributed by atoms with Crippen LogP contribution in [0.5, 0.6) is 0 Å². The van der Waals surface area contributed by atoms with E-state index < -0.39 is 27.9 Å². The van der Waals surface area contributed by atoms with E-state index in [-0.39, 0.29) is 24.7 Å². The molecule has 0 radical (unpaired) electrons. The molecular formula is C22H28N2O5S. The number of nitrogens with one attached hydrogen (secondary N) is 2. The number of rotatable bonds is 10. The SMILES string of the molecule is CC(CNC(=O)C(CCS(C)(=O)=O)NC(=O)OCc1ccccc1)c1ccccc1. The van der Waals surface area contributed by atoms with Gasteiger partial charge in [0.05, 0.1) is 5.75 Å². The van der Waals surface area contributed by atoms with Crippen molar-refractivity contribution in [3.05, 3.63) is 71.8 Å². The van der Waals surface area contributed by atoms with Crippen molar-refractivity contribution >= 4 is 21.8 Å². The maximum atomic E-state index is 12.6. The highest BCUT2D eigenvalue weighted by Crippen LogP contribution is 2.13. The third-order valence-electron chi connectivity index (χ3n) is 4.55. The quantitative estimate of drug-likeness (QED) is 0.601. The summed E-state index contributed by atoms with van der Waals surface area (Å²) in [7, 11) is -3.29. The van der Waals surface area contributed by atoms with Crippen molar-refractivity contribution in [1.82, 2.24) is 10.6 Å². The van der Waals surface area contributed by atoms with Crippen LogP contribution in [0.4, 0.5) is 4.79 Å². The number of carbonyl (C=O) groups excluding carboxylic acids is 2. The molecular weight excluding hydrogens is 404 g/mol. The van der Waals surface area contributed by atoms with Gasteiger partial charge in [-0.25, -0.2) is 13.2 Å². The summed E-state index contributed by atoms with van der Waals surface area (Å²) in [6.07, 6.45) is 0.279. The average molecular weight is 433 g/mol. The normalized spacial score (nSPS) is 13.1. The number of carbonyl (C=O) groups is 2. The zero-order chi connectivity index (χ0) is 22.0. The number of hydrogen-bond acceptors (Lipinski definition) is 5. The van der Waals surface area contributed by atoms with Gasteiger partial charge in [-0.1, -0.05) is 67.6 Å². The summed E-state index contributed by atoms with van der Waals surface area (Å²) < 4.78 is 28.2. The molecule has 2 unspecified atom stereocenters. The summed E-state index contributed by atoms with van der Waals surface area (Å²) in [4.78, 5) is 24.8. The van der Waals surface area contributed by atoms with E-state index in [2.05, 4.69) is 10.6 Å². The van der Waals surface area contributed by atoms with Gasteiger partial charge in [0, 0.05) is 12.8 Å². The molecule has 0 spiro atoms. The fourth-order valence-electron chi connectivity index (χ4n) is 2.78. The predicted molar refractivity (Wildman–Crippen MR) is 116 cm³/mol. The molecule has 2 aromatic rings. The first-order valence-corrected chi connectivity index (χ1v) is 11.8. The number of ether oxygens (including phenoxy) is 1. The van der Waals surface area contributed by atoms with Gasteiger partial charge in [0.1, 0.15) is 22.5 Å². The Kier molecular flexibility index (Phi) is 8.86. The Labute approximate surface area is 177 Å². The molecule has 0 aliphatic heterocycles. The van der Waals surface area contributed by atoms with Crippen LogP contribution >= 0.6 is 0 Å². The molecule has 0 aliphatic rings. The zero-order valence-electron chi connectivity index (χ0n) is 17.2. The molecule has 2 rings (SSSR count). The number of sulfone groups is 1. The summed E-state index contributed by atoms with van der Waals surface area (Å²) in [5.74, 6) is -0.605. The topological polar surface area (TPSA) is 102 Å². The molecule has 7 nitrogen and oxygen atoms in total. The molecule has 2 aromatic carbocycles. The highest BCUT2D eigenvalue weighted by Gasteiger charge is 2.23. The molecule has 0 bridgehead atoms. The van der Waals surface area contributed by atoms with Crippen molar-refractivity contribution in [2.45, 2.75) is 31.9 Å². The highest BCUT2D eigenvalue weighted by atomic mass is 32.2. The standard InChI is InChI=1S/C22H28N2O5S/c1-17(19-11-7-4-8-12-19)15-23-21(25)20(13-14-30(2,27)28)24-22(26)29-16-18-9-5-3-6-10-18/h3-12,17,20H,13-16H2,1-2H3,(H,23,25)(H,24,26). The minimum atomic E-state index is -3.29. The number of amides is 2. The fraction of sp³-hybridized carbons (Fsp3) is 0.364. The van der Waals surface area contributed by atoms with Crippen LogP contribution < -0.4 is 10.6 Å². The Morgan fingerprint density at radius 1 is 1.00 bits per heavy atom. The van der Waals surface area contributed by atoms with E-state index in [1.807, 2.05) is 67.6 Å². The lowest BCUT2D eigenvalue weighted by Gasteiger charge is -2.20. The van der Waals surface area contributed by atoms with Crippen LogP contribution in [0.1, 0.15) is 30.4 Å². The minimum Gasteiger partial charge on any atom is -0.445 e. The first-order chi connectivity index (χ1) is 14.2. The Bertz CT molecular complexity index is 917. The van der Waals surface area contributed by atoms with Crippen molar-refractivity contribution in [2.24, 2.45) is 0 Å². The Hall–Kier alpha value is -2.87. The lowest BCUT2D eigenvalue weighted by atomic mass is 10.0. The van der Waals surface area contributed by atoms with E-state index >= 15 is 0 Å². The van der Waals surface area contributed by atoms with Crippen molar-refractivity contribution < 1.29 is 22.7 Å². The number of alkyl carbamates (subject to hydrolysis) is 1. The second kappa shape index (κ2) is 11.3. The van der Waals surface area contributed by atoms with Gasteiger partial charge in [-0.05, 0) is 23.5 Å². The smallest absolute Gasteiger partial charge is 0.408 e. The summed E-state index contributed by atoms with van der Waals surface area (Å²) >= 11 is 0. The second-order valence-corrected chi connectivity index (χ2v) is 9.49. The predicted octanol–water partition coefficient (Wildman–Crippen LogP) is 2.64. The van der Waals surface area contributed by atoms with Gasteiger partial charge in [-0.3, -0.25) is 4.79 Å². The molecule has 30 heavy (non-hydrogen) atoms. The Balaban J connectivity index is 1.93. The van der Waals surface area contributed by atoms with Gasteiger partial charge < -0.3 is 15.4 Å². The van der Waals surface area contributed by atoms with Crippen LogP contribution in [0, 0.1) is 0 Å². The average Bonchev–Trinajstić information content (AvgIpc) is 2.74. The number of benzene rings is 2. The van der Waals surface area contributed by atoms with Gasteiger partial charge in [0.2, 0.25) is 5.91 Å². The van der Waals surface area contributed by atoms with E-state index in [9.17, 15) is 18.0 Å². The highest BCUT2D eigenvalue weighted by molar-refractivity contribution is 7.90. The molecule has 0 aliphatic carbocycles. The van der Waals surface area contributed by atoms with Gasteiger partial charge in [0.25, 0.3) is 0 Å². The first-order valence-electron chi connectivity index (χ1n) is 9.72. The Morgan fingerprint density at radius 2 is 1.60 bits per heavy atom.